The molecule has 0 spiro atoms. The van der Waals surface area contributed by atoms with Crippen molar-refractivity contribution in [3.63, 3.8) is 0 Å². The Hall–Kier alpha value is -0.930. The first kappa shape index (κ1) is 13.1. The molecule has 4 nitrogen and oxygen atoms in total. The highest BCUT2D eigenvalue weighted by Gasteiger charge is 2.12. The van der Waals surface area contributed by atoms with Gasteiger partial charge >= 0.3 is 0 Å². The van der Waals surface area contributed by atoms with Crippen molar-refractivity contribution in [3.8, 4) is 11.6 Å². The van der Waals surface area contributed by atoms with Crippen LogP contribution in [0.5, 0.6) is 11.6 Å². The van der Waals surface area contributed by atoms with Gasteiger partial charge in [-0.25, -0.2) is 15.0 Å². The van der Waals surface area contributed by atoms with Crippen LogP contribution in [0.3, 0.4) is 0 Å². The van der Waals surface area contributed by atoms with Gasteiger partial charge in [0.25, 0.3) is 0 Å². The van der Waals surface area contributed by atoms with Crippen LogP contribution in [0.1, 0.15) is 0 Å². The summed E-state index contributed by atoms with van der Waals surface area (Å²) >= 11 is 5.39. The number of benzene rings is 1. The molecule has 0 unspecified atom stereocenters. The molecule has 2 aromatic heterocycles. The van der Waals surface area contributed by atoms with Gasteiger partial charge in [-0.3, -0.25) is 0 Å². The number of halogens is 1. The molecule has 0 aliphatic carbocycles. The number of aromatic nitrogens is 3. The standard InChI is InChI=1S/C12H8IN3OS2/c1-18-12-16-10-9(19-12)11(15-6-14-10)17-8-4-2-3-7(13)5-8/h2-6H,1H3. The Balaban J connectivity index is 2.02. The summed E-state index contributed by atoms with van der Waals surface area (Å²) in [5.41, 5.74) is 0.685. The molecule has 0 bridgehead atoms. The second-order valence-corrected chi connectivity index (χ2v) is 6.87. The highest BCUT2D eigenvalue weighted by Crippen LogP contribution is 2.34. The highest BCUT2D eigenvalue weighted by atomic mass is 127. The van der Waals surface area contributed by atoms with Crippen LogP contribution in [0, 0.1) is 3.57 Å². The Morgan fingerprint density at radius 3 is 3.00 bits per heavy atom. The van der Waals surface area contributed by atoms with Gasteiger partial charge in [0.05, 0.1) is 0 Å². The van der Waals surface area contributed by atoms with E-state index in [1.807, 2.05) is 30.5 Å². The van der Waals surface area contributed by atoms with Gasteiger partial charge in [-0.15, -0.1) is 11.3 Å². The Labute approximate surface area is 131 Å². The van der Waals surface area contributed by atoms with Gasteiger partial charge in [0.15, 0.2) is 9.99 Å². The van der Waals surface area contributed by atoms with Gasteiger partial charge in [0, 0.05) is 3.57 Å². The molecule has 0 N–H and O–H groups in total. The number of hydrogen-bond acceptors (Lipinski definition) is 6. The molecule has 0 atom stereocenters. The van der Waals surface area contributed by atoms with Crippen molar-refractivity contribution in [3.05, 3.63) is 34.2 Å². The van der Waals surface area contributed by atoms with Gasteiger partial charge in [-0.1, -0.05) is 17.8 Å². The molecule has 1 aromatic carbocycles. The first-order valence-electron chi connectivity index (χ1n) is 5.35. The van der Waals surface area contributed by atoms with Crippen LogP contribution < -0.4 is 4.74 Å². The number of thiazole rings is 1. The fraction of sp³-hybridized carbons (Fsp3) is 0.0833. The van der Waals surface area contributed by atoms with E-state index in [0.29, 0.717) is 11.5 Å². The lowest BCUT2D eigenvalue weighted by molar-refractivity contribution is 0.468. The molecule has 0 aliphatic rings. The fourth-order valence-corrected chi connectivity index (χ4v) is 3.47. The largest absolute Gasteiger partial charge is 0.437 e. The summed E-state index contributed by atoms with van der Waals surface area (Å²) in [5.74, 6) is 1.33. The lowest BCUT2D eigenvalue weighted by Crippen LogP contribution is -1.89. The van der Waals surface area contributed by atoms with E-state index in [9.17, 15) is 0 Å². The monoisotopic (exact) mass is 401 g/mol. The second kappa shape index (κ2) is 5.59. The van der Waals surface area contributed by atoms with Gasteiger partial charge in [0.2, 0.25) is 5.88 Å². The van der Waals surface area contributed by atoms with Crippen molar-refractivity contribution in [1.82, 2.24) is 15.0 Å². The Kier molecular flexibility index (Phi) is 3.85. The number of nitrogens with zero attached hydrogens (tertiary/aromatic N) is 3. The smallest absolute Gasteiger partial charge is 0.242 e. The second-order valence-electron chi connectivity index (χ2n) is 3.57. The van der Waals surface area contributed by atoms with Crippen LogP contribution in [0.25, 0.3) is 10.3 Å². The summed E-state index contributed by atoms with van der Waals surface area (Å²) in [7, 11) is 0. The minimum atomic E-state index is 0.560. The summed E-state index contributed by atoms with van der Waals surface area (Å²) < 4.78 is 8.80. The van der Waals surface area contributed by atoms with Crippen LogP contribution in [0.2, 0.25) is 0 Å². The quantitative estimate of drug-likeness (QED) is 0.486. The topological polar surface area (TPSA) is 47.9 Å². The van der Waals surface area contributed by atoms with Crippen LogP contribution in [0.15, 0.2) is 34.9 Å². The zero-order chi connectivity index (χ0) is 13.2. The molecule has 0 saturated carbocycles. The molecule has 19 heavy (non-hydrogen) atoms. The average molecular weight is 401 g/mol. The van der Waals surface area contributed by atoms with E-state index in [2.05, 4.69) is 37.5 Å². The summed E-state index contributed by atoms with van der Waals surface area (Å²) in [6, 6.07) is 7.84. The molecule has 7 heteroatoms. The molecular formula is C12H8IN3OS2. The number of thioether (sulfide) groups is 1. The zero-order valence-corrected chi connectivity index (χ0v) is 13.6. The van der Waals surface area contributed by atoms with E-state index in [1.165, 1.54) is 6.33 Å². The third-order valence-electron chi connectivity index (χ3n) is 2.32. The van der Waals surface area contributed by atoms with E-state index in [4.69, 9.17) is 4.74 Å². The van der Waals surface area contributed by atoms with Crippen LogP contribution in [-0.4, -0.2) is 21.2 Å². The third kappa shape index (κ3) is 2.82. The predicted octanol–water partition coefficient (Wildman–Crippen LogP) is 4.21. The minimum Gasteiger partial charge on any atom is -0.437 e. The molecule has 3 rings (SSSR count). The Bertz CT molecular complexity index is 732. The summed E-state index contributed by atoms with van der Waals surface area (Å²) in [6.07, 6.45) is 3.47. The van der Waals surface area contributed by atoms with Crippen molar-refractivity contribution < 1.29 is 4.74 Å². The molecule has 96 valence electrons. The molecule has 0 saturated heterocycles. The predicted molar refractivity (Wildman–Crippen MR) is 86.2 cm³/mol. The van der Waals surface area contributed by atoms with Gasteiger partial charge < -0.3 is 4.74 Å². The zero-order valence-electron chi connectivity index (χ0n) is 9.83. The average Bonchev–Trinajstić information content (AvgIpc) is 2.83. The Morgan fingerprint density at radius 2 is 2.21 bits per heavy atom. The SMILES string of the molecule is CSc1nc2ncnc(Oc3cccc(I)c3)c2s1. The maximum Gasteiger partial charge on any atom is 0.242 e. The molecule has 3 aromatic rings. The maximum absolute atomic E-state index is 5.84. The first-order chi connectivity index (χ1) is 9.26. The minimum absolute atomic E-state index is 0.560. The van der Waals surface area contributed by atoms with Crippen LogP contribution in [0.4, 0.5) is 0 Å². The van der Waals surface area contributed by atoms with E-state index < -0.39 is 0 Å². The molecule has 0 aliphatic heterocycles. The van der Waals surface area contributed by atoms with Crippen LogP contribution >= 0.6 is 45.7 Å². The molecule has 0 radical (unpaired) electrons. The number of ether oxygens (including phenoxy) is 1. The summed E-state index contributed by atoms with van der Waals surface area (Å²) in [4.78, 5) is 12.8. The molecule has 0 fully saturated rings. The van der Waals surface area contributed by atoms with Gasteiger partial charge in [-0.2, -0.15) is 0 Å². The molecule has 0 amide bonds. The van der Waals surface area contributed by atoms with E-state index >= 15 is 0 Å². The third-order valence-corrected chi connectivity index (χ3v) is 5.01. The van der Waals surface area contributed by atoms with E-state index in [-0.39, 0.29) is 0 Å². The van der Waals surface area contributed by atoms with Crippen molar-refractivity contribution >= 4 is 56.0 Å². The van der Waals surface area contributed by atoms with Crippen molar-refractivity contribution in [2.45, 2.75) is 4.34 Å². The van der Waals surface area contributed by atoms with Crippen molar-refractivity contribution in [2.24, 2.45) is 0 Å². The van der Waals surface area contributed by atoms with Gasteiger partial charge in [-0.05, 0) is 47.0 Å². The first-order valence-corrected chi connectivity index (χ1v) is 8.47. The molecule has 2 heterocycles. The maximum atomic E-state index is 5.84. The normalized spacial score (nSPS) is 10.8. The molecular weight excluding hydrogens is 393 g/mol. The van der Waals surface area contributed by atoms with Crippen molar-refractivity contribution in [1.29, 1.82) is 0 Å². The van der Waals surface area contributed by atoms with Crippen LogP contribution in [-0.2, 0) is 0 Å². The fourth-order valence-electron chi connectivity index (χ4n) is 1.52. The van der Waals surface area contributed by atoms with E-state index in [0.717, 1.165) is 18.4 Å². The number of hydrogen-bond donors (Lipinski definition) is 0. The lowest BCUT2D eigenvalue weighted by atomic mass is 10.3. The highest BCUT2D eigenvalue weighted by molar-refractivity contribution is 14.1. The van der Waals surface area contributed by atoms with Gasteiger partial charge in [0.1, 0.15) is 16.8 Å². The lowest BCUT2D eigenvalue weighted by Gasteiger charge is -2.04. The van der Waals surface area contributed by atoms with Crippen molar-refractivity contribution in [2.75, 3.05) is 6.26 Å². The number of rotatable bonds is 3. The number of fused-ring (bicyclic) bond motifs is 1. The Morgan fingerprint density at radius 1 is 1.32 bits per heavy atom. The van der Waals surface area contributed by atoms with E-state index in [1.54, 1.807) is 23.1 Å². The summed E-state index contributed by atoms with van der Waals surface area (Å²) in [6.45, 7) is 0. The summed E-state index contributed by atoms with van der Waals surface area (Å²) in [5, 5.41) is 0.